The third-order valence-corrected chi connectivity index (χ3v) is 3.21. The smallest absolute Gasteiger partial charge is 0.428 e. The van der Waals surface area contributed by atoms with Crippen LogP contribution >= 0.6 is 0 Å². The van der Waals surface area contributed by atoms with Crippen LogP contribution in [0.2, 0.25) is 0 Å². The molecule has 0 fully saturated rings. The third kappa shape index (κ3) is 3.26. The van der Waals surface area contributed by atoms with Crippen LogP contribution in [-0.2, 0) is 10.2 Å². The zero-order valence-corrected chi connectivity index (χ0v) is 11.2. The van der Waals surface area contributed by atoms with Gasteiger partial charge in [-0.2, -0.15) is 13.2 Å². The van der Waals surface area contributed by atoms with Gasteiger partial charge in [0.05, 0.1) is 0 Å². The first-order valence-electron chi connectivity index (χ1n) is 5.83. The summed E-state index contributed by atoms with van der Waals surface area (Å²) >= 11 is 0. The molecule has 1 rings (SSSR count). The standard InChI is InChI=1S/C13H14F4O4/c1-11(2,8-5-7(14)3-4-9(8)18)6-12(21,10(19)20)13(15,16)17/h3-5,18,21H,6H2,1-2H3,(H,19,20). The molecule has 0 aliphatic carbocycles. The minimum atomic E-state index is -5.42. The number of aliphatic hydroxyl groups is 1. The van der Waals surface area contributed by atoms with Crippen molar-refractivity contribution in [2.45, 2.75) is 37.5 Å². The van der Waals surface area contributed by atoms with E-state index in [0.29, 0.717) is 0 Å². The Morgan fingerprint density at radius 1 is 1.24 bits per heavy atom. The summed E-state index contributed by atoms with van der Waals surface area (Å²) in [6.45, 7) is 2.34. The summed E-state index contributed by atoms with van der Waals surface area (Å²) in [5, 5.41) is 27.8. The van der Waals surface area contributed by atoms with E-state index in [-0.39, 0.29) is 5.56 Å². The van der Waals surface area contributed by atoms with Crippen LogP contribution in [0.25, 0.3) is 0 Å². The molecule has 1 aromatic rings. The lowest BCUT2D eigenvalue weighted by atomic mass is 9.74. The highest BCUT2D eigenvalue weighted by molar-refractivity contribution is 5.78. The molecule has 1 aromatic carbocycles. The molecule has 0 aliphatic heterocycles. The number of carboxylic acid groups (broad SMARTS) is 1. The molecule has 0 amide bonds. The number of rotatable bonds is 4. The lowest BCUT2D eigenvalue weighted by Gasteiger charge is -2.35. The van der Waals surface area contributed by atoms with Crippen molar-refractivity contribution in [3.63, 3.8) is 0 Å². The number of phenolic OH excluding ortho intramolecular Hbond substituents is 1. The molecule has 4 nitrogen and oxygen atoms in total. The Morgan fingerprint density at radius 2 is 1.76 bits per heavy atom. The van der Waals surface area contributed by atoms with Gasteiger partial charge in [0.15, 0.2) is 0 Å². The molecule has 0 aromatic heterocycles. The number of phenols is 1. The number of benzene rings is 1. The summed E-state index contributed by atoms with van der Waals surface area (Å²) in [6, 6.07) is 2.65. The Labute approximate surface area is 117 Å². The van der Waals surface area contributed by atoms with Crippen LogP contribution in [-0.4, -0.2) is 33.1 Å². The predicted molar refractivity (Wildman–Crippen MR) is 64.3 cm³/mol. The fraction of sp³-hybridized carbons (Fsp3) is 0.462. The number of hydrogen-bond acceptors (Lipinski definition) is 3. The van der Waals surface area contributed by atoms with E-state index in [1.807, 2.05) is 0 Å². The first-order chi connectivity index (χ1) is 9.31. The van der Waals surface area contributed by atoms with E-state index in [2.05, 4.69) is 0 Å². The van der Waals surface area contributed by atoms with Crippen LogP contribution in [0.4, 0.5) is 17.6 Å². The fourth-order valence-electron chi connectivity index (χ4n) is 2.08. The SMILES string of the molecule is CC(C)(CC(O)(C(=O)O)C(F)(F)F)c1cc(F)ccc1O. The molecule has 0 saturated heterocycles. The first kappa shape index (κ1) is 17.2. The zero-order chi connectivity index (χ0) is 16.6. The summed E-state index contributed by atoms with van der Waals surface area (Å²) in [5.74, 6) is -3.75. The molecule has 8 heteroatoms. The van der Waals surface area contributed by atoms with Gasteiger partial charge in [0.25, 0.3) is 5.60 Å². The third-order valence-electron chi connectivity index (χ3n) is 3.21. The Balaban J connectivity index is 3.31. The lowest BCUT2D eigenvalue weighted by molar-refractivity contribution is -0.265. The number of hydrogen-bond donors (Lipinski definition) is 3. The van der Waals surface area contributed by atoms with E-state index in [1.54, 1.807) is 0 Å². The molecule has 0 spiro atoms. The molecule has 0 radical (unpaired) electrons. The van der Waals surface area contributed by atoms with Gasteiger partial charge in [0.2, 0.25) is 0 Å². The molecule has 0 saturated carbocycles. The van der Waals surface area contributed by atoms with Gasteiger partial charge in [0.1, 0.15) is 11.6 Å². The van der Waals surface area contributed by atoms with Crippen molar-refractivity contribution < 1.29 is 37.7 Å². The van der Waals surface area contributed by atoms with Crippen molar-refractivity contribution in [3.05, 3.63) is 29.6 Å². The highest BCUT2D eigenvalue weighted by atomic mass is 19.4. The highest BCUT2D eigenvalue weighted by Crippen LogP contribution is 2.43. The summed E-state index contributed by atoms with van der Waals surface area (Å²) in [7, 11) is 0. The monoisotopic (exact) mass is 310 g/mol. The fourth-order valence-corrected chi connectivity index (χ4v) is 2.08. The minimum Gasteiger partial charge on any atom is -0.508 e. The van der Waals surface area contributed by atoms with E-state index >= 15 is 0 Å². The maximum atomic E-state index is 13.2. The molecule has 3 N–H and O–H groups in total. The number of carboxylic acids is 1. The van der Waals surface area contributed by atoms with Crippen LogP contribution in [0.5, 0.6) is 5.75 Å². The second-order valence-electron chi connectivity index (χ2n) is 5.39. The van der Waals surface area contributed by atoms with Crippen molar-refractivity contribution in [2.75, 3.05) is 0 Å². The van der Waals surface area contributed by atoms with Crippen LogP contribution in [0.1, 0.15) is 25.8 Å². The molecular weight excluding hydrogens is 296 g/mol. The highest BCUT2D eigenvalue weighted by Gasteiger charge is 2.62. The number of aromatic hydroxyl groups is 1. The lowest BCUT2D eigenvalue weighted by Crippen LogP contribution is -2.55. The molecular formula is C13H14F4O4. The minimum absolute atomic E-state index is 0.230. The van der Waals surface area contributed by atoms with Crippen molar-refractivity contribution in [3.8, 4) is 5.75 Å². The van der Waals surface area contributed by atoms with Gasteiger partial charge in [-0.05, 0) is 23.6 Å². The molecule has 0 heterocycles. The van der Waals surface area contributed by atoms with Crippen LogP contribution in [0.3, 0.4) is 0 Å². The summed E-state index contributed by atoms with van der Waals surface area (Å²) in [4.78, 5) is 10.8. The molecule has 1 unspecified atom stereocenters. The molecule has 118 valence electrons. The van der Waals surface area contributed by atoms with Gasteiger partial charge in [-0.15, -0.1) is 0 Å². The maximum absolute atomic E-state index is 13.2. The van der Waals surface area contributed by atoms with Gasteiger partial charge in [-0.25, -0.2) is 9.18 Å². The van der Waals surface area contributed by atoms with Gasteiger partial charge in [-0.1, -0.05) is 13.8 Å². The van der Waals surface area contributed by atoms with Gasteiger partial charge < -0.3 is 15.3 Å². The molecule has 21 heavy (non-hydrogen) atoms. The topological polar surface area (TPSA) is 77.8 Å². The Kier molecular flexibility index (Phi) is 4.24. The van der Waals surface area contributed by atoms with Crippen molar-refractivity contribution in [2.24, 2.45) is 0 Å². The van der Waals surface area contributed by atoms with Crippen LogP contribution in [0.15, 0.2) is 18.2 Å². The van der Waals surface area contributed by atoms with Crippen molar-refractivity contribution in [1.82, 2.24) is 0 Å². The summed E-state index contributed by atoms with van der Waals surface area (Å²) in [5.41, 5.74) is -5.88. The van der Waals surface area contributed by atoms with Gasteiger partial charge >= 0.3 is 12.1 Å². The number of aliphatic carboxylic acids is 1. The molecule has 0 bridgehead atoms. The van der Waals surface area contributed by atoms with Crippen molar-refractivity contribution >= 4 is 5.97 Å². The van der Waals surface area contributed by atoms with E-state index in [9.17, 15) is 32.6 Å². The van der Waals surface area contributed by atoms with Gasteiger partial charge in [0, 0.05) is 12.0 Å². The first-order valence-corrected chi connectivity index (χ1v) is 5.83. The average Bonchev–Trinajstić information content (AvgIpc) is 2.29. The quantitative estimate of drug-likeness (QED) is 0.747. The van der Waals surface area contributed by atoms with Crippen LogP contribution in [0, 0.1) is 5.82 Å². The zero-order valence-electron chi connectivity index (χ0n) is 11.2. The Bertz CT molecular complexity index is 554. The van der Waals surface area contributed by atoms with E-state index in [1.165, 1.54) is 13.8 Å². The predicted octanol–water partition coefficient (Wildman–Crippen LogP) is 2.58. The molecule has 1 atom stereocenters. The molecule has 0 aliphatic rings. The summed E-state index contributed by atoms with van der Waals surface area (Å²) < 4.78 is 51.6. The Morgan fingerprint density at radius 3 is 2.19 bits per heavy atom. The van der Waals surface area contributed by atoms with Crippen molar-refractivity contribution in [1.29, 1.82) is 0 Å². The van der Waals surface area contributed by atoms with Crippen LogP contribution < -0.4 is 0 Å². The number of halogens is 4. The second-order valence-corrected chi connectivity index (χ2v) is 5.39. The number of alkyl halides is 3. The largest absolute Gasteiger partial charge is 0.508 e. The average molecular weight is 310 g/mol. The second kappa shape index (κ2) is 5.18. The summed E-state index contributed by atoms with van der Waals surface area (Å²) in [6.07, 6.45) is -6.70. The van der Waals surface area contributed by atoms with E-state index < -0.39 is 41.1 Å². The van der Waals surface area contributed by atoms with E-state index in [0.717, 1.165) is 18.2 Å². The Hall–Kier alpha value is -1.83. The maximum Gasteiger partial charge on any atom is 0.428 e. The normalized spacial score (nSPS) is 15.6. The van der Waals surface area contributed by atoms with E-state index in [4.69, 9.17) is 5.11 Å². The number of carbonyl (C=O) groups is 1. The van der Waals surface area contributed by atoms with Gasteiger partial charge in [-0.3, -0.25) is 0 Å².